The monoisotopic (exact) mass is 306 g/mol. The van der Waals surface area contributed by atoms with Crippen LogP contribution in [0.5, 0.6) is 5.75 Å². The van der Waals surface area contributed by atoms with Crippen LogP contribution in [-0.2, 0) is 11.2 Å². The van der Waals surface area contributed by atoms with Gasteiger partial charge in [-0.1, -0.05) is 31.0 Å². The van der Waals surface area contributed by atoms with Crippen LogP contribution in [0.4, 0.5) is 0 Å². The van der Waals surface area contributed by atoms with E-state index in [0.717, 1.165) is 17.5 Å². The van der Waals surface area contributed by atoms with E-state index in [-0.39, 0.29) is 11.5 Å². The van der Waals surface area contributed by atoms with Gasteiger partial charge in [0.05, 0.1) is 5.56 Å². The van der Waals surface area contributed by atoms with Gasteiger partial charge >= 0.3 is 5.97 Å². The van der Waals surface area contributed by atoms with Crippen molar-refractivity contribution < 1.29 is 14.3 Å². The number of aryl methyl sites for hydroxylation is 2. The summed E-state index contributed by atoms with van der Waals surface area (Å²) in [6.45, 7) is 5.25. The zero-order valence-corrected chi connectivity index (χ0v) is 13.5. The first-order valence-electron chi connectivity index (χ1n) is 7.44. The summed E-state index contributed by atoms with van der Waals surface area (Å²) in [5.41, 5.74) is 3.19. The summed E-state index contributed by atoms with van der Waals surface area (Å²) in [6.07, 6.45) is 0.960. The van der Waals surface area contributed by atoms with Crippen molar-refractivity contribution in [1.29, 1.82) is 0 Å². The second-order valence-electron chi connectivity index (χ2n) is 5.22. The molecule has 2 aromatic carbocycles. The van der Waals surface area contributed by atoms with Crippen LogP contribution in [0, 0.1) is 18.8 Å². The van der Waals surface area contributed by atoms with Crippen LogP contribution in [0.15, 0.2) is 42.5 Å². The number of esters is 1. The highest BCUT2D eigenvalue weighted by molar-refractivity contribution is 6.11. The number of ketones is 1. The second-order valence-corrected chi connectivity index (χ2v) is 5.22. The van der Waals surface area contributed by atoms with Gasteiger partial charge in [-0.25, -0.2) is 0 Å². The van der Waals surface area contributed by atoms with E-state index in [4.69, 9.17) is 4.74 Å². The predicted octanol–water partition coefficient (Wildman–Crippen LogP) is 3.72. The molecule has 0 bridgehead atoms. The Morgan fingerprint density at radius 3 is 2.39 bits per heavy atom. The first-order valence-corrected chi connectivity index (χ1v) is 7.44. The van der Waals surface area contributed by atoms with E-state index in [2.05, 4.69) is 18.8 Å². The summed E-state index contributed by atoms with van der Waals surface area (Å²) in [5.74, 6) is 4.86. The smallest absolute Gasteiger partial charge is 0.308 e. The molecule has 3 heteroatoms. The summed E-state index contributed by atoms with van der Waals surface area (Å²) < 4.78 is 5.10. The number of hydrogen-bond donors (Lipinski definition) is 0. The van der Waals surface area contributed by atoms with E-state index in [1.165, 1.54) is 12.5 Å². The summed E-state index contributed by atoms with van der Waals surface area (Å²) in [6, 6.07) is 12.8. The van der Waals surface area contributed by atoms with Gasteiger partial charge in [-0.15, -0.1) is 0 Å². The Labute approximate surface area is 136 Å². The molecule has 116 valence electrons. The van der Waals surface area contributed by atoms with E-state index in [9.17, 15) is 9.59 Å². The fourth-order valence-corrected chi connectivity index (χ4v) is 2.08. The molecule has 0 spiro atoms. The van der Waals surface area contributed by atoms with E-state index < -0.39 is 5.97 Å². The number of Topliss-reactive ketones (excluding diaryl/α,β-unsaturated/α-hetero) is 1. The van der Waals surface area contributed by atoms with Crippen molar-refractivity contribution in [3.63, 3.8) is 0 Å². The molecule has 0 fully saturated rings. The third kappa shape index (κ3) is 4.55. The molecular formula is C20H18O3. The van der Waals surface area contributed by atoms with Crippen LogP contribution in [0.25, 0.3) is 0 Å². The number of carbonyl (C=O) groups excluding carboxylic acids is 2. The Morgan fingerprint density at radius 2 is 1.78 bits per heavy atom. The van der Waals surface area contributed by atoms with Gasteiger partial charge in [0.2, 0.25) is 5.78 Å². The molecule has 23 heavy (non-hydrogen) atoms. The molecule has 0 saturated heterocycles. The van der Waals surface area contributed by atoms with Crippen molar-refractivity contribution in [2.24, 2.45) is 0 Å². The van der Waals surface area contributed by atoms with Crippen molar-refractivity contribution in [2.75, 3.05) is 0 Å². The zero-order valence-electron chi connectivity index (χ0n) is 13.5. The van der Waals surface area contributed by atoms with Crippen molar-refractivity contribution in [2.45, 2.75) is 27.2 Å². The van der Waals surface area contributed by atoms with Crippen LogP contribution < -0.4 is 4.74 Å². The summed E-state index contributed by atoms with van der Waals surface area (Å²) in [5, 5.41) is 0. The molecule has 2 aromatic rings. The number of ether oxygens (including phenoxy) is 1. The lowest BCUT2D eigenvalue weighted by molar-refractivity contribution is -0.131. The highest BCUT2D eigenvalue weighted by atomic mass is 16.5. The molecule has 0 amide bonds. The summed E-state index contributed by atoms with van der Waals surface area (Å²) in [4.78, 5) is 23.5. The van der Waals surface area contributed by atoms with E-state index in [1.54, 1.807) is 18.2 Å². The SMILES string of the molecule is CCc1ccc(C#CC(=O)c2ccc(C)cc2OC(C)=O)cc1. The average molecular weight is 306 g/mol. The van der Waals surface area contributed by atoms with E-state index in [0.29, 0.717) is 5.56 Å². The first kappa shape index (κ1) is 16.5. The van der Waals surface area contributed by atoms with Crippen LogP contribution >= 0.6 is 0 Å². The Balaban J connectivity index is 2.27. The highest BCUT2D eigenvalue weighted by Gasteiger charge is 2.12. The van der Waals surface area contributed by atoms with Gasteiger partial charge in [-0.2, -0.15) is 0 Å². The van der Waals surface area contributed by atoms with Crippen molar-refractivity contribution >= 4 is 11.8 Å². The lowest BCUT2D eigenvalue weighted by Crippen LogP contribution is -2.07. The minimum Gasteiger partial charge on any atom is -0.426 e. The van der Waals surface area contributed by atoms with Crippen molar-refractivity contribution in [3.05, 3.63) is 64.7 Å². The lowest BCUT2D eigenvalue weighted by atomic mass is 10.1. The lowest BCUT2D eigenvalue weighted by Gasteiger charge is -2.06. The van der Waals surface area contributed by atoms with Crippen LogP contribution in [0.3, 0.4) is 0 Å². The first-order chi connectivity index (χ1) is 11.0. The van der Waals surface area contributed by atoms with Gasteiger partial charge in [0.25, 0.3) is 0 Å². The maximum atomic E-state index is 12.3. The predicted molar refractivity (Wildman–Crippen MR) is 89.5 cm³/mol. The van der Waals surface area contributed by atoms with Crippen LogP contribution in [-0.4, -0.2) is 11.8 Å². The molecule has 0 aliphatic carbocycles. The molecule has 0 aliphatic rings. The third-order valence-electron chi connectivity index (χ3n) is 3.32. The quantitative estimate of drug-likeness (QED) is 0.376. The van der Waals surface area contributed by atoms with E-state index >= 15 is 0 Å². The zero-order chi connectivity index (χ0) is 16.8. The molecule has 0 unspecified atom stereocenters. The maximum Gasteiger partial charge on any atom is 0.308 e. The molecule has 0 atom stereocenters. The van der Waals surface area contributed by atoms with Crippen molar-refractivity contribution in [1.82, 2.24) is 0 Å². The topological polar surface area (TPSA) is 43.4 Å². The molecule has 0 N–H and O–H groups in total. The Kier molecular flexibility index (Phi) is 5.32. The van der Waals surface area contributed by atoms with Gasteiger partial charge in [0, 0.05) is 12.5 Å². The Hall–Kier alpha value is -2.86. The van der Waals surface area contributed by atoms with Gasteiger partial charge in [-0.3, -0.25) is 9.59 Å². The number of hydrogen-bond acceptors (Lipinski definition) is 3. The molecular weight excluding hydrogens is 288 g/mol. The largest absolute Gasteiger partial charge is 0.426 e. The van der Waals surface area contributed by atoms with Crippen LogP contribution in [0.1, 0.15) is 40.9 Å². The fraction of sp³-hybridized carbons (Fsp3) is 0.200. The molecule has 2 rings (SSSR count). The number of benzene rings is 2. The molecule has 0 saturated carbocycles. The van der Waals surface area contributed by atoms with Gasteiger partial charge in [0.15, 0.2) is 0 Å². The van der Waals surface area contributed by atoms with Crippen LogP contribution in [0.2, 0.25) is 0 Å². The minimum atomic E-state index is -0.465. The second kappa shape index (κ2) is 7.42. The standard InChI is InChI=1S/C20H18O3/c1-4-16-6-8-17(9-7-16)10-12-19(22)18-11-5-14(2)13-20(18)23-15(3)21/h5-9,11,13H,4H2,1-3H3. The minimum absolute atomic E-state index is 0.248. The molecule has 3 nitrogen and oxygen atoms in total. The van der Waals surface area contributed by atoms with E-state index in [1.807, 2.05) is 31.2 Å². The number of carbonyl (C=O) groups is 2. The van der Waals surface area contributed by atoms with Crippen molar-refractivity contribution in [3.8, 4) is 17.6 Å². The normalized spacial score (nSPS) is 9.70. The van der Waals surface area contributed by atoms with Gasteiger partial charge < -0.3 is 4.74 Å². The Morgan fingerprint density at radius 1 is 1.09 bits per heavy atom. The molecule has 0 heterocycles. The third-order valence-corrected chi connectivity index (χ3v) is 3.32. The summed E-state index contributed by atoms with van der Waals surface area (Å²) >= 11 is 0. The maximum absolute atomic E-state index is 12.3. The average Bonchev–Trinajstić information content (AvgIpc) is 2.52. The highest BCUT2D eigenvalue weighted by Crippen LogP contribution is 2.21. The molecule has 0 aliphatic heterocycles. The number of rotatable bonds is 3. The molecule has 0 aromatic heterocycles. The summed E-state index contributed by atoms with van der Waals surface area (Å²) in [7, 11) is 0. The van der Waals surface area contributed by atoms with Gasteiger partial charge in [-0.05, 0) is 54.7 Å². The Bertz CT molecular complexity index is 790. The molecule has 0 radical (unpaired) electrons. The fourth-order valence-electron chi connectivity index (χ4n) is 2.08. The van der Waals surface area contributed by atoms with Gasteiger partial charge in [0.1, 0.15) is 5.75 Å².